The Bertz CT molecular complexity index is 165. The zero-order valence-electron chi connectivity index (χ0n) is 8.71. The van der Waals surface area contributed by atoms with Gasteiger partial charge in [-0.05, 0) is 12.8 Å². The van der Waals surface area contributed by atoms with Crippen molar-refractivity contribution in [3.63, 3.8) is 0 Å². The molecule has 0 radical (unpaired) electrons. The molecule has 1 fully saturated rings. The second kappa shape index (κ2) is 5.25. The highest BCUT2D eigenvalue weighted by molar-refractivity contribution is 5.71. The fourth-order valence-corrected chi connectivity index (χ4v) is 1.84. The summed E-state index contributed by atoms with van der Waals surface area (Å²) in [5.41, 5.74) is 0. The van der Waals surface area contributed by atoms with Crippen molar-refractivity contribution in [2.24, 2.45) is 5.92 Å². The van der Waals surface area contributed by atoms with Crippen LogP contribution in [-0.4, -0.2) is 12.1 Å². The van der Waals surface area contributed by atoms with E-state index >= 15 is 0 Å². The number of hydrogen-bond donors (Lipinski definition) is 0. The van der Waals surface area contributed by atoms with Crippen molar-refractivity contribution >= 4 is 5.97 Å². The molecule has 2 heteroatoms. The first-order valence-electron chi connectivity index (χ1n) is 5.43. The summed E-state index contributed by atoms with van der Waals surface area (Å²) >= 11 is 0. The van der Waals surface area contributed by atoms with E-state index in [2.05, 4.69) is 13.8 Å². The second-order valence-electron chi connectivity index (χ2n) is 4.06. The van der Waals surface area contributed by atoms with E-state index in [0.717, 1.165) is 6.42 Å². The average molecular weight is 184 g/mol. The minimum atomic E-state index is -0.00649. The standard InChI is InChI=1S/C11H20O2/c1-3-4-5-6-7-10-9(2)8-11(12)13-10/h9-10H,3-8H2,1-2H3/t9-,10-/m1/s1. The fraction of sp³-hybridized carbons (Fsp3) is 0.909. The molecule has 0 saturated carbocycles. The first-order chi connectivity index (χ1) is 6.24. The van der Waals surface area contributed by atoms with Crippen molar-refractivity contribution in [1.29, 1.82) is 0 Å². The Morgan fingerprint density at radius 1 is 1.38 bits per heavy atom. The van der Waals surface area contributed by atoms with Crippen LogP contribution in [0.1, 0.15) is 52.4 Å². The maximum absolute atomic E-state index is 10.9. The van der Waals surface area contributed by atoms with Crippen molar-refractivity contribution in [3.05, 3.63) is 0 Å². The van der Waals surface area contributed by atoms with Crippen LogP contribution in [0.15, 0.2) is 0 Å². The summed E-state index contributed by atoms with van der Waals surface area (Å²) in [4.78, 5) is 10.9. The molecule has 76 valence electrons. The van der Waals surface area contributed by atoms with E-state index in [9.17, 15) is 4.79 Å². The van der Waals surface area contributed by atoms with E-state index in [1.807, 2.05) is 0 Å². The second-order valence-corrected chi connectivity index (χ2v) is 4.06. The molecule has 1 heterocycles. The first-order valence-corrected chi connectivity index (χ1v) is 5.43. The molecular weight excluding hydrogens is 164 g/mol. The quantitative estimate of drug-likeness (QED) is 0.485. The van der Waals surface area contributed by atoms with Gasteiger partial charge in [-0.25, -0.2) is 0 Å². The molecule has 0 amide bonds. The topological polar surface area (TPSA) is 26.3 Å². The van der Waals surface area contributed by atoms with Gasteiger partial charge in [-0.2, -0.15) is 0 Å². The lowest BCUT2D eigenvalue weighted by Gasteiger charge is -2.12. The molecule has 0 unspecified atom stereocenters. The van der Waals surface area contributed by atoms with Gasteiger partial charge in [0.05, 0.1) is 6.42 Å². The monoisotopic (exact) mass is 184 g/mol. The molecule has 1 rings (SSSR count). The molecular formula is C11H20O2. The minimum Gasteiger partial charge on any atom is -0.462 e. The van der Waals surface area contributed by atoms with Crippen molar-refractivity contribution in [2.75, 3.05) is 0 Å². The summed E-state index contributed by atoms with van der Waals surface area (Å²) in [6, 6.07) is 0. The third-order valence-corrected chi connectivity index (χ3v) is 2.75. The summed E-state index contributed by atoms with van der Waals surface area (Å²) in [7, 11) is 0. The zero-order chi connectivity index (χ0) is 9.68. The Labute approximate surface area is 80.7 Å². The molecule has 2 nitrogen and oxygen atoms in total. The molecule has 1 saturated heterocycles. The lowest BCUT2D eigenvalue weighted by molar-refractivity contribution is -0.141. The van der Waals surface area contributed by atoms with E-state index in [-0.39, 0.29) is 12.1 Å². The Kier molecular flexibility index (Phi) is 4.26. The number of rotatable bonds is 5. The van der Waals surface area contributed by atoms with Crippen LogP contribution in [0.4, 0.5) is 0 Å². The first kappa shape index (κ1) is 10.6. The highest BCUT2D eigenvalue weighted by atomic mass is 16.5. The molecule has 0 spiro atoms. The van der Waals surface area contributed by atoms with E-state index in [4.69, 9.17) is 4.74 Å². The van der Waals surface area contributed by atoms with Gasteiger partial charge in [-0.1, -0.05) is 33.1 Å². The fourth-order valence-electron chi connectivity index (χ4n) is 1.84. The third kappa shape index (κ3) is 3.37. The van der Waals surface area contributed by atoms with Gasteiger partial charge in [0.2, 0.25) is 0 Å². The van der Waals surface area contributed by atoms with Crippen LogP contribution in [0.5, 0.6) is 0 Å². The van der Waals surface area contributed by atoms with Crippen molar-refractivity contribution in [1.82, 2.24) is 0 Å². The normalized spacial score (nSPS) is 27.7. The number of ether oxygens (including phenoxy) is 1. The van der Waals surface area contributed by atoms with Gasteiger partial charge in [0, 0.05) is 5.92 Å². The van der Waals surface area contributed by atoms with Gasteiger partial charge in [0.15, 0.2) is 0 Å². The molecule has 2 atom stereocenters. The van der Waals surface area contributed by atoms with Gasteiger partial charge in [0.25, 0.3) is 0 Å². The van der Waals surface area contributed by atoms with Crippen molar-refractivity contribution < 1.29 is 9.53 Å². The number of unbranched alkanes of at least 4 members (excludes halogenated alkanes) is 3. The van der Waals surface area contributed by atoms with Crippen LogP contribution in [0.2, 0.25) is 0 Å². The third-order valence-electron chi connectivity index (χ3n) is 2.75. The molecule has 0 aliphatic carbocycles. The number of cyclic esters (lactones) is 1. The molecule has 0 aromatic heterocycles. The largest absolute Gasteiger partial charge is 0.462 e. The Balaban J connectivity index is 2.11. The van der Waals surface area contributed by atoms with Crippen LogP contribution in [0.25, 0.3) is 0 Å². The Morgan fingerprint density at radius 3 is 2.69 bits per heavy atom. The maximum atomic E-state index is 10.9. The lowest BCUT2D eigenvalue weighted by Crippen LogP contribution is -2.12. The average Bonchev–Trinajstić information content (AvgIpc) is 2.39. The van der Waals surface area contributed by atoms with Crippen LogP contribution in [-0.2, 0) is 9.53 Å². The van der Waals surface area contributed by atoms with Crippen LogP contribution in [0.3, 0.4) is 0 Å². The number of carbonyl (C=O) groups is 1. The summed E-state index contributed by atoms with van der Waals surface area (Å²) in [5, 5.41) is 0. The highest BCUT2D eigenvalue weighted by Crippen LogP contribution is 2.25. The molecule has 13 heavy (non-hydrogen) atoms. The number of esters is 1. The molecule has 0 bridgehead atoms. The number of carbonyl (C=O) groups excluding carboxylic acids is 1. The summed E-state index contributed by atoms with van der Waals surface area (Å²) in [6.07, 6.45) is 6.94. The SMILES string of the molecule is CCCCCC[C@H]1OC(=O)C[C@H]1C. The summed E-state index contributed by atoms with van der Waals surface area (Å²) < 4.78 is 5.21. The van der Waals surface area contributed by atoms with Gasteiger partial charge >= 0.3 is 5.97 Å². The van der Waals surface area contributed by atoms with Crippen LogP contribution in [0, 0.1) is 5.92 Å². The van der Waals surface area contributed by atoms with Gasteiger partial charge in [0.1, 0.15) is 6.10 Å². The molecule has 0 aromatic carbocycles. The molecule has 1 aliphatic rings. The van der Waals surface area contributed by atoms with E-state index in [1.54, 1.807) is 0 Å². The van der Waals surface area contributed by atoms with Crippen LogP contribution < -0.4 is 0 Å². The lowest BCUT2D eigenvalue weighted by atomic mass is 9.98. The van der Waals surface area contributed by atoms with E-state index in [0.29, 0.717) is 12.3 Å². The minimum absolute atomic E-state index is 0.00649. The molecule has 0 N–H and O–H groups in total. The molecule has 1 aliphatic heterocycles. The van der Waals surface area contributed by atoms with Gasteiger partial charge in [-0.3, -0.25) is 4.79 Å². The van der Waals surface area contributed by atoms with E-state index in [1.165, 1.54) is 25.7 Å². The summed E-state index contributed by atoms with van der Waals surface area (Å²) in [5.74, 6) is 0.433. The van der Waals surface area contributed by atoms with Gasteiger partial charge in [-0.15, -0.1) is 0 Å². The highest BCUT2D eigenvalue weighted by Gasteiger charge is 2.30. The van der Waals surface area contributed by atoms with Crippen molar-refractivity contribution in [3.8, 4) is 0 Å². The maximum Gasteiger partial charge on any atom is 0.306 e. The smallest absolute Gasteiger partial charge is 0.306 e. The predicted octanol–water partition coefficient (Wildman–Crippen LogP) is 2.91. The van der Waals surface area contributed by atoms with Crippen LogP contribution >= 0.6 is 0 Å². The summed E-state index contributed by atoms with van der Waals surface area (Å²) in [6.45, 7) is 4.31. The zero-order valence-corrected chi connectivity index (χ0v) is 8.71. The number of hydrogen-bond acceptors (Lipinski definition) is 2. The van der Waals surface area contributed by atoms with E-state index < -0.39 is 0 Å². The predicted molar refractivity (Wildman–Crippen MR) is 52.4 cm³/mol. The molecule has 0 aromatic rings. The van der Waals surface area contributed by atoms with Crippen molar-refractivity contribution in [2.45, 2.75) is 58.5 Å². The Morgan fingerprint density at radius 2 is 2.15 bits per heavy atom. The van der Waals surface area contributed by atoms with Gasteiger partial charge < -0.3 is 4.74 Å². The Hall–Kier alpha value is -0.530.